The highest BCUT2D eigenvalue weighted by molar-refractivity contribution is 5.52. The standard InChI is InChI=1S/C11H19N3/c1-11(2,13)8-14(3)10-6-4-9(12)5-7-10/h4-7H,8,12-13H2,1-3H3. The molecule has 0 fully saturated rings. The van der Waals surface area contributed by atoms with Crippen LogP contribution >= 0.6 is 0 Å². The van der Waals surface area contributed by atoms with E-state index in [0.717, 1.165) is 17.9 Å². The summed E-state index contributed by atoms with van der Waals surface area (Å²) >= 11 is 0. The minimum atomic E-state index is -0.184. The molecular formula is C11H19N3. The van der Waals surface area contributed by atoms with Crippen LogP contribution in [0.1, 0.15) is 13.8 Å². The average molecular weight is 193 g/mol. The molecule has 0 unspecified atom stereocenters. The third-order valence-corrected chi connectivity index (χ3v) is 1.98. The van der Waals surface area contributed by atoms with Gasteiger partial charge in [0.15, 0.2) is 0 Å². The first-order chi connectivity index (χ1) is 6.38. The fraction of sp³-hybridized carbons (Fsp3) is 0.455. The maximum absolute atomic E-state index is 5.94. The van der Waals surface area contributed by atoms with Gasteiger partial charge in [-0.15, -0.1) is 0 Å². The molecule has 1 aromatic carbocycles. The Bertz CT molecular complexity index is 284. The third-order valence-electron chi connectivity index (χ3n) is 1.98. The number of hydrogen-bond donors (Lipinski definition) is 2. The Balaban J connectivity index is 2.70. The second-order valence-corrected chi connectivity index (χ2v) is 4.44. The monoisotopic (exact) mass is 193 g/mol. The zero-order valence-electron chi connectivity index (χ0n) is 9.12. The number of nitrogens with zero attached hydrogens (tertiary/aromatic N) is 1. The lowest BCUT2D eigenvalue weighted by atomic mass is 10.1. The van der Waals surface area contributed by atoms with Crippen molar-refractivity contribution in [2.24, 2.45) is 5.73 Å². The first-order valence-electron chi connectivity index (χ1n) is 4.74. The smallest absolute Gasteiger partial charge is 0.0365 e. The Labute approximate surface area is 85.7 Å². The number of likely N-dealkylation sites (N-methyl/N-ethyl adjacent to an activating group) is 1. The van der Waals surface area contributed by atoms with E-state index in [1.807, 2.05) is 45.2 Å². The predicted molar refractivity (Wildman–Crippen MR) is 62.4 cm³/mol. The average Bonchev–Trinajstić information content (AvgIpc) is 2.02. The van der Waals surface area contributed by atoms with Gasteiger partial charge in [0.05, 0.1) is 0 Å². The van der Waals surface area contributed by atoms with Crippen LogP contribution < -0.4 is 16.4 Å². The van der Waals surface area contributed by atoms with Crippen LogP contribution in [0, 0.1) is 0 Å². The van der Waals surface area contributed by atoms with Crippen LogP contribution in [0.2, 0.25) is 0 Å². The summed E-state index contributed by atoms with van der Waals surface area (Å²) in [5.74, 6) is 0. The van der Waals surface area contributed by atoms with Gasteiger partial charge in [-0.05, 0) is 38.1 Å². The van der Waals surface area contributed by atoms with Gasteiger partial charge in [0.1, 0.15) is 0 Å². The normalized spacial score (nSPS) is 11.4. The maximum atomic E-state index is 5.94. The Hall–Kier alpha value is -1.22. The molecule has 0 aliphatic carbocycles. The molecule has 3 nitrogen and oxygen atoms in total. The van der Waals surface area contributed by atoms with Crippen molar-refractivity contribution >= 4 is 11.4 Å². The molecule has 0 aromatic heterocycles. The fourth-order valence-electron chi connectivity index (χ4n) is 1.43. The van der Waals surface area contributed by atoms with Crippen LogP contribution in [0.5, 0.6) is 0 Å². The van der Waals surface area contributed by atoms with Gasteiger partial charge in [-0.2, -0.15) is 0 Å². The summed E-state index contributed by atoms with van der Waals surface area (Å²) in [6.07, 6.45) is 0. The Morgan fingerprint density at radius 1 is 1.21 bits per heavy atom. The van der Waals surface area contributed by atoms with Crippen molar-refractivity contribution < 1.29 is 0 Å². The molecule has 0 atom stereocenters. The van der Waals surface area contributed by atoms with Crippen LogP contribution in [0.4, 0.5) is 11.4 Å². The maximum Gasteiger partial charge on any atom is 0.0365 e. The van der Waals surface area contributed by atoms with E-state index in [4.69, 9.17) is 11.5 Å². The number of benzene rings is 1. The summed E-state index contributed by atoms with van der Waals surface area (Å²) in [7, 11) is 2.03. The van der Waals surface area contributed by atoms with E-state index in [2.05, 4.69) is 4.90 Å². The van der Waals surface area contributed by atoms with Crippen LogP contribution in [0.3, 0.4) is 0 Å². The van der Waals surface area contributed by atoms with E-state index in [-0.39, 0.29) is 5.54 Å². The first kappa shape index (κ1) is 10.9. The van der Waals surface area contributed by atoms with Gasteiger partial charge in [0, 0.05) is 30.5 Å². The molecule has 0 bridgehead atoms. The molecule has 1 aromatic rings. The van der Waals surface area contributed by atoms with Crippen molar-refractivity contribution in [1.82, 2.24) is 0 Å². The molecule has 0 radical (unpaired) electrons. The van der Waals surface area contributed by atoms with E-state index in [9.17, 15) is 0 Å². The Kier molecular flexibility index (Phi) is 3.01. The summed E-state index contributed by atoms with van der Waals surface area (Å²) in [5.41, 5.74) is 13.3. The molecule has 0 saturated heterocycles. The minimum Gasteiger partial charge on any atom is -0.399 e. The molecule has 1 rings (SSSR count). The summed E-state index contributed by atoms with van der Waals surface area (Å²) < 4.78 is 0. The van der Waals surface area contributed by atoms with Crippen LogP contribution in [0.25, 0.3) is 0 Å². The quantitative estimate of drug-likeness (QED) is 0.714. The molecular weight excluding hydrogens is 174 g/mol. The molecule has 0 amide bonds. The summed E-state index contributed by atoms with van der Waals surface area (Å²) in [6, 6.07) is 7.80. The fourth-order valence-corrected chi connectivity index (χ4v) is 1.43. The number of nitrogen functional groups attached to an aromatic ring is 1. The largest absolute Gasteiger partial charge is 0.399 e. The molecule has 0 aliphatic heterocycles. The highest BCUT2D eigenvalue weighted by Gasteiger charge is 2.13. The second kappa shape index (κ2) is 3.88. The van der Waals surface area contributed by atoms with E-state index in [0.29, 0.717) is 0 Å². The van der Waals surface area contributed by atoms with Gasteiger partial charge >= 0.3 is 0 Å². The number of rotatable bonds is 3. The first-order valence-corrected chi connectivity index (χ1v) is 4.74. The topological polar surface area (TPSA) is 55.3 Å². The van der Waals surface area contributed by atoms with Crippen molar-refractivity contribution in [1.29, 1.82) is 0 Å². The highest BCUT2D eigenvalue weighted by Crippen LogP contribution is 2.16. The van der Waals surface area contributed by atoms with Crippen molar-refractivity contribution in [3.8, 4) is 0 Å². The number of hydrogen-bond acceptors (Lipinski definition) is 3. The van der Waals surface area contributed by atoms with E-state index < -0.39 is 0 Å². The molecule has 14 heavy (non-hydrogen) atoms. The number of nitrogens with two attached hydrogens (primary N) is 2. The molecule has 0 spiro atoms. The van der Waals surface area contributed by atoms with E-state index >= 15 is 0 Å². The van der Waals surface area contributed by atoms with E-state index in [1.54, 1.807) is 0 Å². The van der Waals surface area contributed by atoms with Crippen LogP contribution in [-0.2, 0) is 0 Å². The predicted octanol–water partition coefficient (Wildman–Crippen LogP) is 1.44. The van der Waals surface area contributed by atoms with Crippen molar-refractivity contribution in [2.75, 3.05) is 24.2 Å². The van der Waals surface area contributed by atoms with Crippen LogP contribution in [0.15, 0.2) is 24.3 Å². The molecule has 4 N–H and O–H groups in total. The van der Waals surface area contributed by atoms with Crippen LogP contribution in [-0.4, -0.2) is 19.1 Å². The van der Waals surface area contributed by atoms with Gasteiger partial charge in [-0.25, -0.2) is 0 Å². The van der Waals surface area contributed by atoms with Crippen molar-refractivity contribution in [3.05, 3.63) is 24.3 Å². The zero-order valence-corrected chi connectivity index (χ0v) is 9.12. The summed E-state index contributed by atoms with van der Waals surface area (Å²) in [6.45, 7) is 4.85. The SMILES string of the molecule is CN(CC(C)(C)N)c1ccc(N)cc1. The minimum absolute atomic E-state index is 0.184. The lowest BCUT2D eigenvalue weighted by molar-refractivity contribution is 0.519. The zero-order chi connectivity index (χ0) is 10.8. The summed E-state index contributed by atoms with van der Waals surface area (Å²) in [4.78, 5) is 2.12. The van der Waals surface area contributed by atoms with Gasteiger partial charge in [-0.3, -0.25) is 0 Å². The highest BCUT2D eigenvalue weighted by atomic mass is 15.1. The lowest BCUT2D eigenvalue weighted by Crippen LogP contribution is -2.44. The van der Waals surface area contributed by atoms with Gasteiger partial charge in [-0.1, -0.05) is 0 Å². The van der Waals surface area contributed by atoms with Crippen molar-refractivity contribution in [2.45, 2.75) is 19.4 Å². The van der Waals surface area contributed by atoms with Gasteiger partial charge in [0.2, 0.25) is 0 Å². The number of anilines is 2. The molecule has 0 saturated carbocycles. The third kappa shape index (κ3) is 3.26. The second-order valence-electron chi connectivity index (χ2n) is 4.44. The van der Waals surface area contributed by atoms with Gasteiger partial charge < -0.3 is 16.4 Å². The van der Waals surface area contributed by atoms with Crippen molar-refractivity contribution in [3.63, 3.8) is 0 Å². The molecule has 78 valence electrons. The molecule has 0 heterocycles. The Morgan fingerprint density at radius 3 is 2.14 bits per heavy atom. The molecule has 0 aliphatic rings. The van der Waals surface area contributed by atoms with Gasteiger partial charge in [0.25, 0.3) is 0 Å². The molecule has 3 heteroatoms. The summed E-state index contributed by atoms with van der Waals surface area (Å²) in [5, 5.41) is 0. The lowest BCUT2D eigenvalue weighted by Gasteiger charge is -2.28. The van der Waals surface area contributed by atoms with E-state index in [1.165, 1.54) is 0 Å². The Morgan fingerprint density at radius 2 is 1.71 bits per heavy atom.